The molecule has 0 aromatic heterocycles. The highest BCUT2D eigenvalue weighted by atomic mass is 16.5. The van der Waals surface area contributed by atoms with E-state index in [4.69, 9.17) is 5.73 Å². The van der Waals surface area contributed by atoms with E-state index < -0.39 is 5.91 Å². The third-order valence-corrected chi connectivity index (χ3v) is 2.39. The molecule has 0 aromatic rings. The molecule has 1 atom stereocenters. The second-order valence-electron chi connectivity index (χ2n) is 3.57. The number of methoxy groups -OCH3 is 1. The molecule has 5 nitrogen and oxygen atoms in total. The molecule has 1 rings (SSSR count). The van der Waals surface area contributed by atoms with Gasteiger partial charge in [-0.1, -0.05) is 0 Å². The first-order valence-corrected chi connectivity index (χ1v) is 4.68. The quantitative estimate of drug-likeness (QED) is 0.607. The molecule has 0 heterocycles. The number of hydrogen-bond acceptors (Lipinski definition) is 4. The van der Waals surface area contributed by atoms with Crippen LogP contribution in [0.4, 0.5) is 0 Å². The van der Waals surface area contributed by atoms with Crippen LogP contribution in [0.1, 0.15) is 19.8 Å². The molecule has 1 aliphatic carbocycles. The Labute approximate surface area is 83.2 Å². The Morgan fingerprint density at radius 1 is 1.57 bits per heavy atom. The highest BCUT2D eigenvalue weighted by molar-refractivity contribution is 5.79. The van der Waals surface area contributed by atoms with Crippen LogP contribution in [0.15, 0.2) is 0 Å². The van der Waals surface area contributed by atoms with Crippen molar-refractivity contribution in [1.29, 1.82) is 0 Å². The van der Waals surface area contributed by atoms with Gasteiger partial charge in [-0.3, -0.25) is 14.5 Å². The third-order valence-electron chi connectivity index (χ3n) is 2.39. The van der Waals surface area contributed by atoms with Gasteiger partial charge in [0.05, 0.1) is 13.7 Å². The van der Waals surface area contributed by atoms with Crippen molar-refractivity contribution in [2.24, 2.45) is 5.73 Å². The van der Waals surface area contributed by atoms with Gasteiger partial charge in [-0.2, -0.15) is 0 Å². The molecule has 2 N–H and O–H groups in total. The monoisotopic (exact) mass is 200 g/mol. The van der Waals surface area contributed by atoms with E-state index in [1.54, 1.807) is 11.8 Å². The van der Waals surface area contributed by atoms with Crippen LogP contribution in [0, 0.1) is 0 Å². The lowest BCUT2D eigenvalue weighted by atomic mass is 10.2. The Bertz CT molecular complexity index is 238. The fraction of sp³-hybridized carbons (Fsp3) is 0.778. The first-order chi connectivity index (χ1) is 6.56. The molecule has 1 amide bonds. The number of esters is 1. The van der Waals surface area contributed by atoms with Crippen molar-refractivity contribution in [1.82, 2.24) is 4.90 Å². The Morgan fingerprint density at radius 2 is 2.14 bits per heavy atom. The number of primary amides is 1. The molecule has 0 unspecified atom stereocenters. The Balaban J connectivity index is 2.56. The van der Waals surface area contributed by atoms with Gasteiger partial charge in [0.15, 0.2) is 0 Å². The SMILES string of the molecule is COC(=O)[C@@H](C)N(CC(N)=O)C1CC1. The average molecular weight is 200 g/mol. The van der Waals surface area contributed by atoms with E-state index in [2.05, 4.69) is 4.74 Å². The second-order valence-corrected chi connectivity index (χ2v) is 3.57. The van der Waals surface area contributed by atoms with E-state index in [0.29, 0.717) is 6.04 Å². The zero-order valence-corrected chi connectivity index (χ0v) is 8.53. The summed E-state index contributed by atoms with van der Waals surface area (Å²) < 4.78 is 4.62. The molecular formula is C9H16N2O3. The van der Waals surface area contributed by atoms with Gasteiger partial charge in [0.25, 0.3) is 0 Å². The fourth-order valence-electron chi connectivity index (χ4n) is 1.47. The van der Waals surface area contributed by atoms with Crippen molar-refractivity contribution >= 4 is 11.9 Å². The summed E-state index contributed by atoms with van der Waals surface area (Å²) in [7, 11) is 1.34. The lowest BCUT2D eigenvalue weighted by Crippen LogP contribution is -2.45. The average Bonchev–Trinajstić information content (AvgIpc) is 2.94. The van der Waals surface area contributed by atoms with Gasteiger partial charge in [0.1, 0.15) is 6.04 Å². The van der Waals surface area contributed by atoms with Crippen LogP contribution in [0.3, 0.4) is 0 Å². The van der Waals surface area contributed by atoms with Crippen LogP contribution < -0.4 is 5.73 Å². The molecule has 5 heteroatoms. The number of carbonyl (C=O) groups excluding carboxylic acids is 2. The van der Waals surface area contributed by atoms with Gasteiger partial charge in [-0.15, -0.1) is 0 Å². The highest BCUT2D eigenvalue weighted by Crippen LogP contribution is 2.28. The van der Waals surface area contributed by atoms with Crippen LogP contribution >= 0.6 is 0 Å². The van der Waals surface area contributed by atoms with Crippen molar-refractivity contribution in [2.75, 3.05) is 13.7 Å². The Hall–Kier alpha value is -1.10. The molecule has 1 aliphatic rings. The number of hydrogen-bond donors (Lipinski definition) is 1. The van der Waals surface area contributed by atoms with Gasteiger partial charge in [-0.05, 0) is 19.8 Å². The number of nitrogens with two attached hydrogens (primary N) is 1. The maximum Gasteiger partial charge on any atom is 0.322 e. The molecule has 0 bridgehead atoms. The molecule has 1 fully saturated rings. The molecule has 0 spiro atoms. The van der Waals surface area contributed by atoms with Gasteiger partial charge in [0, 0.05) is 6.04 Å². The Kier molecular flexibility index (Phi) is 3.46. The van der Waals surface area contributed by atoms with Crippen molar-refractivity contribution in [2.45, 2.75) is 31.8 Å². The molecular weight excluding hydrogens is 184 g/mol. The maximum absolute atomic E-state index is 11.3. The van der Waals surface area contributed by atoms with E-state index in [-0.39, 0.29) is 18.6 Å². The standard InChI is InChI=1S/C9H16N2O3/c1-6(9(13)14-2)11(5-8(10)12)7-3-4-7/h6-7H,3-5H2,1-2H3,(H2,10,12)/t6-/m1/s1. The number of amides is 1. The normalized spacial score (nSPS) is 17.9. The summed E-state index contributed by atoms with van der Waals surface area (Å²) in [4.78, 5) is 23.8. The summed E-state index contributed by atoms with van der Waals surface area (Å²) in [5, 5.41) is 0. The molecule has 0 aliphatic heterocycles. The molecule has 0 radical (unpaired) electrons. The minimum atomic E-state index is -0.410. The van der Waals surface area contributed by atoms with Crippen molar-refractivity contribution < 1.29 is 14.3 Å². The van der Waals surface area contributed by atoms with Crippen LogP contribution in [-0.4, -0.2) is 42.5 Å². The van der Waals surface area contributed by atoms with E-state index >= 15 is 0 Å². The van der Waals surface area contributed by atoms with E-state index in [1.807, 2.05) is 0 Å². The van der Waals surface area contributed by atoms with Crippen LogP contribution in [-0.2, 0) is 14.3 Å². The molecule has 0 saturated heterocycles. The fourth-order valence-corrected chi connectivity index (χ4v) is 1.47. The number of carbonyl (C=O) groups is 2. The summed E-state index contributed by atoms with van der Waals surface area (Å²) in [6.45, 7) is 1.86. The zero-order valence-electron chi connectivity index (χ0n) is 8.53. The lowest BCUT2D eigenvalue weighted by Gasteiger charge is -2.25. The second kappa shape index (κ2) is 4.41. The predicted octanol–water partition coefficient (Wildman–Crippen LogP) is -0.502. The van der Waals surface area contributed by atoms with E-state index in [1.165, 1.54) is 7.11 Å². The summed E-state index contributed by atoms with van der Waals surface area (Å²) in [5.41, 5.74) is 5.11. The Morgan fingerprint density at radius 3 is 2.50 bits per heavy atom. The largest absolute Gasteiger partial charge is 0.468 e. The summed E-state index contributed by atoms with van der Waals surface area (Å²) >= 11 is 0. The van der Waals surface area contributed by atoms with Gasteiger partial charge in [0.2, 0.25) is 5.91 Å². The summed E-state index contributed by atoms with van der Waals surface area (Å²) in [5.74, 6) is -0.731. The van der Waals surface area contributed by atoms with Crippen LogP contribution in [0.5, 0.6) is 0 Å². The number of ether oxygens (including phenoxy) is 1. The van der Waals surface area contributed by atoms with Gasteiger partial charge in [-0.25, -0.2) is 0 Å². The summed E-state index contributed by atoms with van der Waals surface area (Å²) in [6.07, 6.45) is 2.04. The van der Waals surface area contributed by atoms with Crippen molar-refractivity contribution in [3.8, 4) is 0 Å². The highest BCUT2D eigenvalue weighted by Gasteiger charge is 2.36. The number of nitrogens with zero attached hydrogens (tertiary/aromatic N) is 1. The molecule has 14 heavy (non-hydrogen) atoms. The first kappa shape index (κ1) is 11.0. The van der Waals surface area contributed by atoms with E-state index in [0.717, 1.165) is 12.8 Å². The van der Waals surface area contributed by atoms with Gasteiger partial charge >= 0.3 is 5.97 Å². The lowest BCUT2D eigenvalue weighted by molar-refractivity contribution is -0.146. The minimum absolute atomic E-state index is 0.126. The molecule has 0 aromatic carbocycles. The predicted molar refractivity (Wildman–Crippen MR) is 50.4 cm³/mol. The number of rotatable bonds is 5. The smallest absolute Gasteiger partial charge is 0.322 e. The van der Waals surface area contributed by atoms with E-state index in [9.17, 15) is 9.59 Å². The molecule has 80 valence electrons. The van der Waals surface area contributed by atoms with Crippen molar-refractivity contribution in [3.05, 3.63) is 0 Å². The van der Waals surface area contributed by atoms with Crippen LogP contribution in [0.25, 0.3) is 0 Å². The van der Waals surface area contributed by atoms with Gasteiger partial charge < -0.3 is 10.5 Å². The third kappa shape index (κ3) is 2.70. The summed E-state index contributed by atoms with van der Waals surface area (Å²) in [6, 6.07) is -0.0726. The topological polar surface area (TPSA) is 72.6 Å². The zero-order chi connectivity index (χ0) is 10.7. The van der Waals surface area contributed by atoms with Crippen molar-refractivity contribution in [3.63, 3.8) is 0 Å². The first-order valence-electron chi connectivity index (χ1n) is 4.68. The van der Waals surface area contributed by atoms with Crippen LogP contribution in [0.2, 0.25) is 0 Å². The minimum Gasteiger partial charge on any atom is -0.468 e. The molecule has 1 saturated carbocycles. The maximum atomic E-state index is 11.3.